The van der Waals surface area contributed by atoms with Gasteiger partial charge in [-0.05, 0) is 17.7 Å². The van der Waals surface area contributed by atoms with E-state index in [1.165, 1.54) is 0 Å². The van der Waals surface area contributed by atoms with E-state index in [9.17, 15) is 0 Å². The molecule has 0 amide bonds. The summed E-state index contributed by atoms with van der Waals surface area (Å²) in [7, 11) is 4.84. The van der Waals surface area contributed by atoms with Gasteiger partial charge in [-0.1, -0.05) is 30.3 Å². The minimum Gasteiger partial charge on any atom is -0.493 e. The largest absolute Gasteiger partial charge is 0.493 e. The number of ether oxygens (including phenoxy) is 3. The van der Waals surface area contributed by atoms with Crippen LogP contribution in [0, 0.1) is 0 Å². The Bertz CT molecular complexity index is 681. The number of nitrogens with one attached hydrogen (secondary N) is 1. The minimum absolute atomic E-state index is 0. The van der Waals surface area contributed by atoms with Gasteiger partial charge >= 0.3 is 0 Å². The van der Waals surface area contributed by atoms with Crippen molar-refractivity contribution in [2.45, 2.75) is 6.10 Å². The summed E-state index contributed by atoms with van der Waals surface area (Å²) in [5.41, 5.74) is 7.78. The number of benzene rings is 2. The fourth-order valence-electron chi connectivity index (χ4n) is 2.27. The molecule has 0 bridgehead atoms. The van der Waals surface area contributed by atoms with Crippen LogP contribution in [0.5, 0.6) is 11.5 Å². The SMILES string of the molecule is COc1ccc(NC(N)=NCC(OC)c2ccccc2)cc1OC.I. The number of guanidine groups is 1. The first kappa shape index (κ1) is 21.0. The van der Waals surface area contributed by atoms with Crippen LogP contribution in [-0.2, 0) is 4.74 Å². The zero-order valence-electron chi connectivity index (χ0n) is 14.6. The Balaban J connectivity index is 0.00000312. The molecule has 0 aliphatic rings. The van der Waals surface area contributed by atoms with Gasteiger partial charge in [-0.15, -0.1) is 24.0 Å². The molecule has 0 aliphatic heterocycles. The summed E-state index contributed by atoms with van der Waals surface area (Å²) in [4.78, 5) is 4.35. The van der Waals surface area contributed by atoms with Crippen LogP contribution in [0.15, 0.2) is 53.5 Å². The summed E-state index contributed by atoms with van der Waals surface area (Å²) in [6, 6.07) is 15.3. The standard InChI is InChI=1S/C18H23N3O3.HI/c1-22-15-10-9-14(11-16(15)23-2)21-18(19)20-12-17(24-3)13-7-5-4-6-8-13;/h4-11,17H,12H2,1-3H3,(H3,19,20,21);1H. The molecule has 7 heteroatoms. The first-order valence-electron chi connectivity index (χ1n) is 7.54. The van der Waals surface area contributed by atoms with Gasteiger partial charge < -0.3 is 25.3 Å². The fourth-order valence-corrected chi connectivity index (χ4v) is 2.27. The molecule has 0 spiro atoms. The zero-order valence-corrected chi connectivity index (χ0v) is 16.9. The molecule has 6 nitrogen and oxygen atoms in total. The number of rotatable bonds is 7. The van der Waals surface area contributed by atoms with Crippen molar-refractivity contribution in [3.05, 3.63) is 54.1 Å². The molecule has 0 aliphatic carbocycles. The van der Waals surface area contributed by atoms with E-state index in [0.29, 0.717) is 24.0 Å². The summed E-state index contributed by atoms with van der Waals surface area (Å²) in [6.45, 7) is 0.423. The molecule has 3 N–H and O–H groups in total. The lowest BCUT2D eigenvalue weighted by atomic mass is 10.1. The zero-order chi connectivity index (χ0) is 17.4. The molecular weight excluding hydrogens is 433 g/mol. The molecule has 0 saturated heterocycles. The second kappa shape index (κ2) is 10.8. The molecule has 0 heterocycles. The lowest BCUT2D eigenvalue weighted by molar-refractivity contribution is 0.111. The van der Waals surface area contributed by atoms with Crippen LogP contribution < -0.4 is 20.5 Å². The first-order valence-corrected chi connectivity index (χ1v) is 7.54. The number of methoxy groups -OCH3 is 3. The molecule has 25 heavy (non-hydrogen) atoms. The van der Waals surface area contributed by atoms with E-state index in [0.717, 1.165) is 11.3 Å². The van der Waals surface area contributed by atoms with E-state index in [-0.39, 0.29) is 30.1 Å². The van der Waals surface area contributed by atoms with Crippen LogP contribution in [0.3, 0.4) is 0 Å². The number of hydrogen-bond acceptors (Lipinski definition) is 4. The summed E-state index contributed by atoms with van der Waals surface area (Å²) >= 11 is 0. The van der Waals surface area contributed by atoms with E-state index in [2.05, 4.69) is 10.3 Å². The molecule has 0 fully saturated rings. The number of anilines is 1. The molecule has 0 radical (unpaired) electrons. The van der Waals surface area contributed by atoms with Gasteiger partial charge in [-0.2, -0.15) is 0 Å². The third-order valence-electron chi connectivity index (χ3n) is 3.54. The van der Waals surface area contributed by atoms with Gasteiger partial charge in [-0.3, -0.25) is 4.99 Å². The number of aliphatic imine (C=N–C) groups is 1. The smallest absolute Gasteiger partial charge is 0.193 e. The van der Waals surface area contributed by atoms with Crippen molar-refractivity contribution in [2.24, 2.45) is 10.7 Å². The second-order valence-corrected chi connectivity index (χ2v) is 5.06. The van der Waals surface area contributed by atoms with E-state index in [4.69, 9.17) is 19.9 Å². The van der Waals surface area contributed by atoms with Crippen LogP contribution in [0.4, 0.5) is 5.69 Å². The van der Waals surface area contributed by atoms with Crippen molar-refractivity contribution < 1.29 is 14.2 Å². The number of halogens is 1. The van der Waals surface area contributed by atoms with Crippen molar-refractivity contribution in [1.82, 2.24) is 0 Å². The van der Waals surface area contributed by atoms with Crippen molar-refractivity contribution in [1.29, 1.82) is 0 Å². The third kappa shape index (κ3) is 6.09. The average Bonchev–Trinajstić information content (AvgIpc) is 2.63. The molecule has 0 aromatic heterocycles. The van der Waals surface area contributed by atoms with Gasteiger partial charge in [0.05, 0.1) is 20.8 Å². The highest BCUT2D eigenvalue weighted by Gasteiger charge is 2.10. The van der Waals surface area contributed by atoms with Gasteiger partial charge in [-0.25, -0.2) is 0 Å². The number of nitrogens with two attached hydrogens (primary N) is 1. The van der Waals surface area contributed by atoms with Crippen molar-refractivity contribution in [3.8, 4) is 11.5 Å². The average molecular weight is 457 g/mol. The Labute approximate surface area is 165 Å². The van der Waals surface area contributed by atoms with Crippen LogP contribution >= 0.6 is 24.0 Å². The van der Waals surface area contributed by atoms with E-state index < -0.39 is 0 Å². The third-order valence-corrected chi connectivity index (χ3v) is 3.54. The Morgan fingerprint density at radius 3 is 2.32 bits per heavy atom. The highest BCUT2D eigenvalue weighted by Crippen LogP contribution is 2.29. The van der Waals surface area contributed by atoms with E-state index in [1.54, 1.807) is 33.5 Å². The lowest BCUT2D eigenvalue weighted by Crippen LogP contribution is -2.24. The maximum absolute atomic E-state index is 5.96. The van der Waals surface area contributed by atoms with Crippen LogP contribution in [0.2, 0.25) is 0 Å². The highest BCUT2D eigenvalue weighted by atomic mass is 127. The van der Waals surface area contributed by atoms with Gasteiger partial charge in [0.1, 0.15) is 6.10 Å². The van der Waals surface area contributed by atoms with Gasteiger partial charge in [0.2, 0.25) is 0 Å². The summed E-state index contributed by atoms with van der Waals surface area (Å²) < 4.78 is 16.0. The van der Waals surface area contributed by atoms with E-state index in [1.807, 2.05) is 36.4 Å². The van der Waals surface area contributed by atoms with Crippen LogP contribution in [-0.4, -0.2) is 33.8 Å². The molecule has 0 saturated carbocycles. The number of nitrogens with zero attached hydrogens (tertiary/aromatic N) is 1. The lowest BCUT2D eigenvalue weighted by Gasteiger charge is -2.14. The van der Waals surface area contributed by atoms with Gasteiger partial charge in [0.25, 0.3) is 0 Å². The van der Waals surface area contributed by atoms with Gasteiger partial charge in [0.15, 0.2) is 17.5 Å². The Morgan fingerprint density at radius 1 is 1.04 bits per heavy atom. The Morgan fingerprint density at radius 2 is 1.72 bits per heavy atom. The predicted octanol–water partition coefficient (Wildman–Crippen LogP) is 3.44. The van der Waals surface area contributed by atoms with Crippen LogP contribution in [0.1, 0.15) is 11.7 Å². The normalized spacial score (nSPS) is 12.0. The van der Waals surface area contributed by atoms with Crippen LogP contribution in [0.25, 0.3) is 0 Å². The van der Waals surface area contributed by atoms with Gasteiger partial charge in [0, 0.05) is 18.9 Å². The quantitative estimate of drug-likeness (QED) is 0.379. The summed E-state index contributed by atoms with van der Waals surface area (Å²) in [5, 5.41) is 3.04. The Hall–Kier alpha value is -2.00. The maximum atomic E-state index is 5.96. The van der Waals surface area contributed by atoms with Crippen molar-refractivity contribution >= 4 is 35.6 Å². The molecular formula is C18H24IN3O3. The molecule has 136 valence electrons. The van der Waals surface area contributed by atoms with E-state index >= 15 is 0 Å². The maximum Gasteiger partial charge on any atom is 0.193 e. The first-order chi connectivity index (χ1) is 11.7. The summed E-state index contributed by atoms with van der Waals surface area (Å²) in [5.74, 6) is 1.58. The highest BCUT2D eigenvalue weighted by molar-refractivity contribution is 14.0. The fraction of sp³-hybridized carbons (Fsp3) is 0.278. The van der Waals surface area contributed by atoms with Crippen molar-refractivity contribution in [2.75, 3.05) is 33.2 Å². The monoisotopic (exact) mass is 457 g/mol. The topological polar surface area (TPSA) is 78.1 Å². The number of hydrogen-bond donors (Lipinski definition) is 2. The molecule has 2 aromatic rings. The minimum atomic E-state index is -0.142. The predicted molar refractivity (Wildman–Crippen MR) is 111 cm³/mol. The molecule has 1 atom stereocenters. The molecule has 1 unspecified atom stereocenters. The second-order valence-electron chi connectivity index (χ2n) is 5.06. The van der Waals surface area contributed by atoms with Crippen molar-refractivity contribution in [3.63, 3.8) is 0 Å². The summed E-state index contributed by atoms with van der Waals surface area (Å²) in [6.07, 6.45) is -0.142. The Kier molecular flexibility index (Phi) is 9.07. The molecule has 2 rings (SSSR count). The molecule has 2 aromatic carbocycles.